The molecule has 2 rings (SSSR count). The van der Waals surface area contributed by atoms with Gasteiger partial charge in [-0.1, -0.05) is 55.1 Å². The van der Waals surface area contributed by atoms with E-state index in [-0.39, 0.29) is 11.6 Å². The summed E-state index contributed by atoms with van der Waals surface area (Å²) in [4.78, 5) is 15.5. The van der Waals surface area contributed by atoms with Gasteiger partial charge < -0.3 is 5.11 Å². The van der Waals surface area contributed by atoms with Crippen molar-refractivity contribution in [2.75, 3.05) is 0 Å². The number of hydrogen-bond acceptors (Lipinski definition) is 2. The van der Waals surface area contributed by atoms with E-state index < -0.39 is 5.97 Å². The third-order valence-corrected chi connectivity index (χ3v) is 4.03. The van der Waals surface area contributed by atoms with Crippen LogP contribution in [-0.4, -0.2) is 20.6 Å². The fourth-order valence-electron chi connectivity index (χ4n) is 2.39. The molecule has 0 aliphatic rings. The largest absolute Gasteiger partial charge is 0.481 e. The van der Waals surface area contributed by atoms with Crippen molar-refractivity contribution >= 4 is 29.2 Å². The second kappa shape index (κ2) is 7.65. The number of nitrogens with zero attached hydrogens (tertiary/aromatic N) is 2. The molecule has 1 N–H and O–H groups in total. The zero-order valence-electron chi connectivity index (χ0n) is 12.4. The average molecular weight is 341 g/mol. The first-order valence-corrected chi connectivity index (χ1v) is 8.02. The van der Waals surface area contributed by atoms with Crippen LogP contribution in [-0.2, 0) is 17.6 Å². The van der Waals surface area contributed by atoms with Gasteiger partial charge in [-0.2, -0.15) is 0 Å². The first-order valence-electron chi connectivity index (χ1n) is 7.27. The number of hydrogen-bond donors (Lipinski definition) is 1. The van der Waals surface area contributed by atoms with Gasteiger partial charge >= 0.3 is 5.97 Å². The number of aromatic nitrogens is 2. The summed E-state index contributed by atoms with van der Waals surface area (Å²) in [5.41, 5.74) is 1.18. The van der Waals surface area contributed by atoms with Gasteiger partial charge in [0.1, 0.15) is 5.82 Å². The number of unbranched alkanes of at least 4 members (excludes halogenated alkanes) is 2. The first-order chi connectivity index (χ1) is 10.5. The molecule has 6 heteroatoms. The first kappa shape index (κ1) is 16.8. The average Bonchev–Trinajstić information content (AvgIpc) is 2.76. The molecule has 0 aliphatic carbocycles. The van der Waals surface area contributed by atoms with Gasteiger partial charge in [0.2, 0.25) is 0 Å². The molecule has 2 aromatic rings. The molecule has 0 atom stereocenters. The number of carboxylic acids is 1. The molecule has 0 bridgehead atoms. The minimum Gasteiger partial charge on any atom is -0.481 e. The van der Waals surface area contributed by atoms with E-state index in [1.807, 2.05) is 18.2 Å². The lowest BCUT2D eigenvalue weighted by atomic mass is 10.2. The van der Waals surface area contributed by atoms with Gasteiger partial charge in [-0.3, -0.25) is 9.36 Å². The highest BCUT2D eigenvalue weighted by atomic mass is 35.5. The van der Waals surface area contributed by atoms with Gasteiger partial charge in [-0.05, 0) is 18.6 Å². The number of carboxylic acid groups (broad SMARTS) is 1. The predicted molar refractivity (Wildman–Crippen MR) is 88.2 cm³/mol. The minimum absolute atomic E-state index is 0.190. The standard InChI is InChI=1S/C16H18Cl2N2O2/c1-2-3-4-9-14-19-16(18)13(10-15(21)22)20(14)12-8-6-5-7-11(12)17/h5-8H,2-4,9-10H2,1H3,(H,21,22). The van der Waals surface area contributed by atoms with E-state index in [1.54, 1.807) is 10.6 Å². The summed E-state index contributed by atoms with van der Waals surface area (Å²) < 4.78 is 1.79. The van der Waals surface area contributed by atoms with Crippen LogP contribution in [0.3, 0.4) is 0 Å². The summed E-state index contributed by atoms with van der Waals surface area (Å²) in [6.45, 7) is 2.13. The molecule has 0 spiro atoms. The van der Waals surface area contributed by atoms with Gasteiger partial charge in [-0.15, -0.1) is 0 Å². The smallest absolute Gasteiger partial charge is 0.309 e. The highest BCUT2D eigenvalue weighted by molar-refractivity contribution is 6.32. The van der Waals surface area contributed by atoms with E-state index in [2.05, 4.69) is 11.9 Å². The van der Waals surface area contributed by atoms with Crippen molar-refractivity contribution in [1.29, 1.82) is 0 Å². The minimum atomic E-state index is -0.949. The molecule has 0 aliphatic heterocycles. The summed E-state index contributed by atoms with van der Waals surface area (Å²) in [5, 5.41) is 9.89. The molecule has 1 aromatic heterocycles. The zero-order valence-corrected chi connectivity index (χ0v) is 13.9. The van der Waals surface area contributed by atoms with E-state index in [4.69, 9.17) is 28.3 Å². The summed E-state index contributed by atoms with van der Waals surface area (Å²) in [6, 6.07) is 7.30. The van der Waals surface area contributed by atoms with Crippen molar-refractivity contribution in [3.8, 4) is 5.69 Å². The number of imidazole rings is 1. The van der Waals surface area contributed by atoms with E-state index in [1.165, 1.54) is 0 Å². The number of carbonyl (C=O) groups is 1. The number of halogens is 2. The molecule has 118 valence electrons. The lowest BCUT2D eigenvalue weighted by molar-refractivity contribution is -0.136. The Bertz CT molecular complexity index is 668. The van der Waals surface area contributed by atoms with Crippen LogP contribution in [0, 0.1) is 0 Å². The van der Waals surface area contributed by atoms with E-state index in [0.29, 0.717) is 16.4 Å². The Morgan fingerprint density at radius 2 is 2.00 bits per heavy atom. The molecule has 0 unspecified atom stereocenters. The van der Waals surface area contributed by atoms with Crippen molar-refractivity contribution in [2.24, 2.45) is 0 Å². The molecule has 4 nitrogen and oxygen atoms in total. The number of para-hydroxylation sites is 1. The maximum atomic E-state index is 11.1. The normalized spacial score (nSPS) is 10.9. The lowest BCUT2D eigenvalue weighted by Gasteiger charge is -2.13. The van der Waals surface area contributed by atoms with Gasteiger partial charge in [-0.25, -0.2) is 4.98 Å². The summed E-state index contributed by atoms with van der Waals surface area (Å²) in [6.07, 6.45) is 3.70. The fraction of sp³-hybridized carbons (Fsp3) is 0.375. The molecule has 0 fully saturated rings. The second-order valence-electron chi connectivity index (χ2n) is 5.08. The van der Waals surface area contributed by atoms with Crippen molar-refractivity contribution in [3.63, 3.8) is 0 Å². The Balaban J connectivity index is 2.50. The highest BCUT2D eigenvalue weighted by Gasteiger charge is 2.20. The molecule has 1 heterocycles. The van der Waals surface area contributed by atoms with Gasteiger partial charge in [0.25, 0.3) is 0 Å². The Morgan fingerprint density at radius 3 is 2.64 bits per heavy atom. The van der Waals surface area contributed by atoms with Crippen molar-refractivity contribution in [2.45, 2.75) is 39.0 Å². The maximum absolute atomic E-state index is 11.1. The molecule has 22 heavy (non-hydrogen) atoms. The predicted octanol–water partition coefficient (Wildman–Crippen LogP) is 4.54. The van der Waals surface area contributed by atoms with E-state index in [0.717, 1.165) is 31.5 Å². The highest BCUT2D eigenvalue weighted by Crippen LogP contribution is 2.28. The molecule has 0 saturated heterocycles. The topological polar surface area (TPSA) is 55.1 Å². The monoisotopic (exact) mass is 340 g/mol. The van der Waals surface area contributed by atoms with Crippen LogP contribution >= 0.6 is 23.2 Å². The molecule has 0 radical (unpaired) electrons. The van der Waals surface area contributed by atoms with Gasteiger partial charge in [0, 0.05) is 6.42 Å². The molecule has 0 saturated carbocycles. The van der Waals surface area contributed by atoms with Gasteiger partial charge in [0.15, 0.2) is 5.15 Å². The van der Waals surface area contributed by atoms with Crippen LogP contribution in [0.15, 0.2) is 24.3 Å². The Hall–Kier alpha value is -1.52. The Morgan fingerprint density at radius 1 is 1.27 bits per heavy atom. The maximum Gasteiger partial charge on any atom is 0.309 e. The number of rotatable bonds is 7. The van der Waals surface area contributed by atoms with Gasteiger partial charge in [0.05, 0.1) is 22.8 Å². The second-order valence-corrected chi connectivity index (χ2v) is 5.85. The summed E-state index contributed by atoms with van der Waals surface area (Å²) in [7, 11) is 0. The van der Waals surface area contributed by atoms with Crippen molar-refractivity contribution in [3.05, 3.63) is 46.0 Å². The SMILES string of the molecule is CCCCCc1nc(Cl)c(CC(=O)O)n1-c1ccccc1Cl. The van der Waals surface area contributed by atoms with E-state index in [9.17, 15) is 4.79 Å². The van der Waals surface area contributed by atoms with Crippen molar-refractivity contribution < 1.29 is 9.90 Å². The number of benzene rings is 1. The molecular formula is C16H18Cl2N2O2. The third-order valence-electron chi connectivity index (χ3n) is 3.41. The van der Waals surface area contributed by atoms with Crippen LogP contribution in [0.2, 0.25) is 10.2 Å². The summed E-state index contributed by atoms with van der Waals surface area (Å²) >= 11 is 12.4. The van der Waals surface area contributed by atoms with Crippen LogP contribution in [0.1, 0.15) is 37.7 Å². The van der Waals surface area contributed by atoms with Crippen LogP contribution < -0.4 is 0 Å². The van der Waals surface area contributed by atoms with E-state index >= 15 is 0 Å². The fourth-order valence-corrected chi connectivity index (χ4v) is 2.86. The number of aliphatic carboxylic acids is 1. The van der Waals surface area contributed by atoms with Crippen molar-refractivity contribution in [1.82, 2.24) is 9.55 Å². The molecular weight excluding hydrogens is 323 g/mol. The third kappa shape index (κ3) is 3.81. The Kier molecular flexibility index (Phi) is 5.86. The van der Waals surface area contributed by atoms with Crippen LogP contribution in [0.4, 0.5) is 0 Å². The summed E-state index contributed by atoms with van der Waals surface area (Å²) in [5.74, 6) is -0.196. The molecule has 1 aromatic carbocycles. The molecule has 0 amide bonds. The quantitative estimate of drug-likeness (QED) is 0.752. The lowest BCUT2D eigenvalue weighted by Crippen LogP contribution is -2.10. The van der Waals surface area contributed by atoms with Crippen LogP contribution in [0.25, 0.3) is 5.69 Å². The number of aryl methyl sites for hydroxylation is 1. The zero-order chi connectivity index (χ0) is 16.1. The van der Waals surface area contributed by atoms with Crippen LogP contribution in [0.5, 0.6) is 0 Å². The Labute approximate surface area is 139 Å².